The summed E-state index contributed by atoms with van der Waals surface area (Å²) in [5, 5.41) is 2.80. The Morgan fingerprint density at radius 2 is 1.91 bits per heavy atom. The number of hydrogen-bond acceptors (Lipinski definition) is 5. The van der Waals surface area contributed by atoms with Gasteiger partial charge < -0.3 is 9.80 Å². The fraction of sp³-hybridized carbons (Fsp3) is 0.346. The van der Waals surface area contributed by atoms with Crippen LogP contribution >= 0.6 is 0 Å². The zero-order chi connectivity index (χ0) is 23.7. The third-order valence-corrected chi connectivity index (χ3v) is 6.61. The van der Waals surface area contributed by atoms with Gasteiger partial charge in [-0.2, -0.15) is 0 Å². The van der Waals surface area contributed by atoms with Gasteiger partial charge in [0.1, 0.15) is 11.6 Å². The SMILES string of the molecule is C[C@@H]1CCN(C)c2ccc(-c3cccc(N4CCCC4)c3)nc2N1C(=O)Nc1ccc(F)cn1. The Morgan fingerprint density at radius 3 is 2.68 bits per heavy atom. The molecule has 0 bridgehead atoms. The Labute approximate surface area is 199 Å². The second-order valence-electron chi connectivity index (χ2n) is 9.00. The van der Waals surface area contributed by atoms with Crippen molar-refractivity contribution >= 4 is 29.0 Å². The minimum absolute atomic E-state index is 0.0807. The zero-order valence-electron chi connectivity index (χ0n) is 19.5. The first-order valence-corrected chi connectivity index (χ1v) is 11.8. The molecular formula is C26H29FN6O. The second-order valence-corrected chi connectivity index (χ2v) is 9.00. The molecule has 0 unspecified atom stereocenters. The van der Waals surface area contributed by atoms with Crippen LogP contribution in [0, 0.1) is 5.82 Å². The van der Waals surface area contributed by atoms with Crippen molar-refractivity contribution in [2.24, 2.45) is 0 Å². The smallest absolute Gasteiger partial charge is 0.328 e. The molecule has 1 fully saturated rings. The summed E-state index contributed by atoms with van der Waals surface area (Å²) in [4.78, 5) is 28.6. The van der Waals surface area contributed by atoms with E-state index in [2.05, 4.69) is 44.4 Å². The number of carbonyl (C=O) groups is 1. The number of urea groups is 1. The van der Waals surface area contributed by atoms with Gasteiger partial charge in [0, 0.05) is 44.0 Å². The maximum atomic E-state index is 13.4. The minimum atomic E-state index is -0.449. The highest BCUT2D eigenvalue weighted by Gasteiger charge is 2.30. The average molecular weight is 461 g/mol. The van der Waals surface area contributed by atoms with Crippen LogP contribution in [0.3, 0.4) is 0 Å². The minimum Gasteiger partial charge on any atom is -0.372 e. The highest BCUT2D eigenvalue weighted by Crippen LogP contribution is 2.36. The lowest BCUT2D eigenvalue weighted by Gasteiger charge is -2.28. The lowest BCUT2D eigenvalue weighted by Crippen LogP contribution is -2.42. The molecule has 1 aromatic carbocycles. The summed E-state index contributed by atoms with van der Waals surface area (Å²) in [6, 6.07) is 14.8. The van der Waals surface area contributed by atoms with Crippen molar-refractivity contribution in [1.82, 2.24) is 9.97 Å². The van der Waals surface area contributed by atoms with Crippen molar-refractivity contribution in [3.8, 4) is 11.3 Å². The molecule has 2 aliphatic heterocycles. The number of halogens is 1. The summed E-state index contributed by atoms with van der Waals surface area (Å²) < 4.78 is 13.3. The lowest BCUT2D eigenvalue weighted by atomic mass is 10.1. The first-order chi connectivity index (χ1) is 16.5. The third kappa shape index (κ3) is 4.40. The quantitative estimate of drug-likeness (QED) is 0.586. The van der Waals surface area contributed by atoms with Crippen molar-refractivity contribution in [2.45, 2.75) is 32.2 Å². The second kappa shape index (κ2) is 9.29. The van der Waals surface area contributed by atoms with Crippen molar-refractivity contribution in [3.63, 3.8) is 0 Å². The number of fused-ring (bicyclic) bond motifs is 1. The van der Waals surface area contributed by atoms with Gasteiger partial charge in [0.15, 0.2) is 5.82 Å². The van der Waals surface area contributed by atoms with Crippen LogP contribution in [-0.2, 0) is 0 Å². The summed E-state index contributed by atoms with van der Waals surface area (Å²) in [6.45, 7) is 4.98. The van der Waals surface area contributed by atoms with Gasteiger partial charge in [-0.1, -0.05) is 12.1 Å². The molecule has 8 heteroatoms. The molecule has 7 nitrogen and oxygen atoms in total. The van der Waals surface area contributed by atoms with E-state index in [9.17, 15) is 9.18 Å². The van der Waals surface area contributed by atoms with E-state index in [4.69, 9.17) is 4.98 Å². The average Bonchev–Trinajstić information content (AvgIpc) is 3.35. The van der Waals surface area contributed by atoms with Gasteiger partial charge in [-0.15, -0.1) is 0 Å². The highest BCUT2D eigenvalue weighted by atomic mass is 19.1. The van der Waals surface area contributed by atoms with E-state index in [0.717, 1.165) is 49.2 Å². The van der Waals surface area contributed by atoms with Crippen molar-refractivity contribution in [2.75, 3.05) is 46.7 Å². The first kappa shape index (κ1) is 22.1. The van der Waals surface area contributed by atoms with Gasteiger partial charge in [0.05, 0.1) is 17.6 Å². The number of benzene rings is 1. The van der Waals surface area contributed by atoms with E-state index < -0.39 is 5.82 Å². The van der Waals surface area contributed by atoms with Crippen LogP contribution in [-0.4, -0.2) is 48.7 Å². The molecule has 3 aromatic rings. The molecule has 176 valence electrons. The summed E-state index contributed by atoms with van der Waals surface area (Å²) in [6.07, 6.45) is 4.32. The van der Waals surface area contributed by atoms with Crippen molar-refractivity contribution < 1.29 is 9.18 Å². The Hall–Kier alpha value is -3.68. The number of carbonyl (C=O) groups excluding carboxylic acids is 1. The first-order valence-electron chi connectivity index (χ1n) is 11.8. The number of anilines is 4. The van der Waals surface area contributed by atoms with Crippen molar-refractivity contribution in [3.05, 3.63) is 60.5 Å². The van der Waals surface area contributed by atoms with Crippen molar-refractivity contribution in [1.29, 1.82) is 0 Å². The van der Waals surface area contributed by atoms with E-state index in [1.165, 1.54) is 30.7 Å². The fourth-order valence-corrected chi connectivity index (χ4v) is 4.67. The number of pyridine rings is 2. The molecule has 0 saturated carbocycles. The highest BCUT2D eigenvalue weighted by molar-refractivity contribution is 6.03. The van der Waals surface area contributed by atoms with Crippen LogP contribution in [0.1, 0.15) is 26.2 Å². The summed E-state index contributed by atoms with van der Waals surface area (Å²) in [5.41, 5.74) is 3.94. The lowest BCUT2D eigenvalue weighted by molar-refractivity contribution is 0.255. The Bertz CT molecular complexity index is 1180. The molecule has 1 saturated heterocycles. The van der Waals surface area contributed by atoms with Gasteiger partial charge in [0.25, 0.3) is 0 Å². The normalized spacial score (nSPS) is 18.0. The van der Waals surface area contributed by atoms with Crippen LogP contribution in [0.5, 0.6) is 0 Å². The monoisotopic (exact) mass is 460 g/mol. The van der Waals surface area contributed by atoms with Crippen LogP contribution in [0.4, 0.5) is 32.2 Å². The summed E-state index contributed by atoms with van der Waals surface area (Å²) >= 11 is 0. The fourth-order valence-electron chi connectivity index (χ4n) is 4.67. The van der Waals surface area contributed by atoms with E-state index in [1.807, 2.05) is 26.1 Å². The van der Waals surface area contributed by atoms with Crippen LogP contribution in [0.2, 0.25) is 0 Å². The number of nitrogens with zero attached hydrogens (tertiary/aromatic N) is 5. The predicted molar refractivity (Wildman–Crippen MR) is 134 cm³/mol. The number of aromatic nitrogens is 2. The van der Waals surface area contributed by atoms with Gasteiger partial charge in [-0.25, -0.2) is 19.2 Å². The van der Waals surface area contributed by atoms with Crippen LogP contribution in [0.15, 0.2) is 54.7 Å². The van der Waals surface area contributed by atoms with Crippen LogP contribution in [0.25, 0.3) is 11.3 Å². The molecule has 0 aliphatic carbocycles. The largest absolute Gasteiger partial charge is 0.372 e. The molecule has 2 aromatic heterocycles. The number of rotatable bonds is 3. The molecule has 1 atom stereocenters. The van der Waals surface area contributed by atoms with Gasteiger partial charge >= 0.3 is 6.03 Å². The van der Waals surface area contributed by atoms with E-state index in [1.54, 1.807) is 4.90 Å². The Morgan fingerprint density at radius 1 is 1.09 bits per heavy atom. The zero-order valence-corrected chi connectivity index (χ0v) is 19.5. The molecule has 5 rings (SSSR count). The molecule has 0 spiro atoms. The van der Waals surface area contributed by atoms with Gasteiger partial charge in [-0.3, -0.25) is 10.2 Å². The topological polar surface area (TPSA) is 64.6 Å². The maximum Gasteiger partial charge on any atom is 0.328 e. The van der Waals surface area contributed by atoms with E-state index in [-0.39, 0.29) is 12.1 Å². The third-order valence-electron chi connectivity index (χ3n) is 6.61. The van der Waals surface area contributed by atoms with Gasteiger partial charge in [-0.05, 0) is 62.6 Å². The number of amides is 2. The molecule has 4 heterocycles. The standard InChI is InChI=1S/C26H29FN6O/c1-18-12-15-31(2)23-10-9-22(19-6-5-7-21(16-19)32-13-3-4-14-32)29-25(23)33(18)26(34)30-24-11-8-20(27)17-28-24/h5-11,16-18H,3-4,12-15H2,1-2H3,(H,28,30,34)/t18-/m1/s1. The summed E-state index contributed by atoms with van der Waals surface area (Å²) in [7, 11) is 2.02. The molecule has 2 aliphatic rings. The molecule has 1 N–H and O–H groups in total. The van der Waals surface area contributed by atoms with E-state index >= 15 is 0 Å². The van der Waals surface area contributed by atoms with Gasteiger partial charge in [0.2, 0.25) is 0 Å². The number of nitrogens with one attached hydrogen (secondary N) is 1. The molecule has 0 radical (unpaired) electrons. The maximum absolute atomic E-state index is 13.4. The Kier molecular flexibility index (Phi) is 6.04. The predicted octanol–water partition coefficient (Wildman–Crippen LogP) is 5.15. The van der Waals surface area contributed by atoms with E-state index in [0.29, 0.717) is 11.6 Å². The summed E-state index contributed by atoms with van der Waals surface area (Å²) in [5.74, 6) is 0.457. The van der Waals surface area contributed by atoms with Crippen LogP contribution < -0.4 is 20.0 Å². The molecule has 2 amide bonds. The molecule has 34 heavy (non-hydrogen) atoms. The Balaban J connectivity index is 1.51. The molecular weight excluding hydrogens is 431 g/mol. The number of hydrogen-bond donors (Lipinski definition) is 1.